The van der Waals surface area contributed by atoms with E-state index in [1.165, 1.54) is 0 Å². The second kappa shape index (κ2) is 6.02. The summed E-state index contributed by atoms with van der Waals surface area (Å²) in [7, 11) is 3.24. The summed E-state index contributed by atoms with van der Waals surface area (Å²) < 4.78 is 16.3. The van der Waals surface area contributed by atoms with Crippen LogP contribution in [0.25, 0.3) is 0 Å². The lowest BCUT2D eigenvalue weighted by molar-refractivity contribution is 0.0384. The van der Waals surface area contributed by atoms with Gasteiger partial charge in [-0.2, -0.15) is 0 Å². The quantitative estimate of drug-likeness (QED) is 0.844. The van der Waals surface area contributed by atoms with E-state index in [0.717, 1.165) is 31.8 Å². The second-order valence-corrected chi connectivity index (χ2v) is 4.61. The molecule has 1 aliphatic heterocycles. The smallest absolute Gasteiger partial charge is 0.162 e. The molecule has 0 aromatic heterocycles. The van der Waals surface area contributed by atoms with E-state index in [-0.39, 0.29) is 6.10 Å². The third kappa shape index (κ3) is 2.87. The molecule has 0 radical (unpaired) electrons. The predicted octanol–water partition coefficient (Wildman–Crippen LogP) is 1.90. The van der Waals surface area contributed by atoms with Crippen molar-refractivity contribution in [3.05, 3.63) is 12.1 Å². The molecule has 1 fully saturated rings. The summed E-state index contributed by atoms with van der Waals surface area (Å²) in [6, 6.07) is 3.75. The first-order valence-corrected chi connectivity index (χ1v) is 6.57. The van der Waals surface area contributed by atoms with Crippen molar-refractivity contribution >= 4 is 11.4 Å². The molecule has 106 valence electrons. The molecule has 0 aliphatic carbocycles. The summed E-state index contributed by atoms with van der Waals surface area (Å²) in [5.74, 6) is 1.36. The maximum absolute atomic E-state index is 6.12. The van der Waals surface area contributed by atoms with Gasteiger partial charge in [0.05, 0.1) is 38.3 Å². The minimum absolute atomic E-state index is 0.265. The average Bonchev–Trinajstić information content (AvgIpc) is 2.46. The molecular formula is C14H22N2O3. The Morgan fingerprint density at radius 3 is 2.63 bits per heavy atom. The number of methoxy groups -OCH3 is 2. The van der Waals surface area contributed by atoms with Gasteiger partial charge in [0, 0.05) is 25.2 Å². The Balaban J connectivity index is 2.28. The minimum atomic E-state index is 0.265. The summed E-state index contributed by atoms with van der Waals surface area (Å²) >= 11 is 0. The van der Waals surface area contributed by atoms with Gasteiger partial charge in [-0.3, -0.25) is 0 Å². The molecule has 2 N–H and O–H groups in total. The number of nitrogens with zero attached hydrogens (tertiary/aromatic N) is 1. The molecule has 1 heterocycles. The van der Waals surface area contributed by atoms with Crippen LogP contribution >= 0.6 is 0 Å². The predicted molar refractivity (Wildman–Crippen MR) is 76.2 cm³/mol. The molecule has 2 rings (SSSR count). The van der Waals surface area contributed by atoms with E-state index in [9.17, 15) is 0 Å². The van der Waals surface area contributed by atoms with Crippen molar-refractivity contribution in [1.29, 1.82) is 0 Å². The fourth-order valence-electron chi connectivity index (χ4n) is 2.34. The lowest BCUT2D eigenvalue weighted by atomic mass is 10.1. The zero-order valence-corrected chi connectivity index (χ0v) is 11.8. The van der Waals surface area contributed by atoms with E-state index < -0.39 is 0 Å². The highest BCUT2D eigenvalue weighted by Crippen LogP contribution is 2.37. The lowest BCUT2D eigenvalue weighted by Gasteiger charge is -2.35. The van der Waals surface area contributed by atoms with Gasteiger partial charge in [-0.25, -0.2) is 0 Å². The van der Waals surface area contributed by atoms with Crippen LogP contribution in [0.2, 0.25) is 0 Å². The third-order valence-electron chi connectivity index (χ3n) is 3.47. The first kappa shape index (κ1) is 13.8. The number of nitrogen functional groups attached to an aromatic ring is 1. The molecule has 1 saturated heterocycles. The van der Waals surface area contributed by atoms with E-state index >= 15 is 0 Å². The number of ether oxygens (including phenoxy) is 3. The van der Waals surface area contributed by atoms with Gasteiger partial charge in [-0.15, -0.1) is 0 Å². The Labute approximate surface area is 114 Å². The highest BCUT2D eigenvalue weighted by atomic mass is 16.5. The van der Waals surface area contributed by atoms with Crippen LogP contribution in [0.4, 0.5) is 11.4 Å². The highest BCUT2D eigenvalue weighted by Gasteiger charge is 2.22. The van der Waals surface area contributed by atoms with Crippen molar-refractivity contribution in [3.8, 4) is 11.5 Å². The molecule has 1 unspecified atom stereocenters. The van der Waals surface area contributed by atoms with Crippen LogP contribution in [0.1, 0.15) is 13.3 Å². The third-order valence-corrected chi connectivity index (χ3v) is 3.47. The average molecular weight is 266 g/mol. The summed E-state index contributed by atoms with van der Waals surface area (Å²) in [6.07, 6.45) is 1.27. The molecule has 0 saturated carbocycles. The molecule has 1 aromatic rings. The van der Waals surface area contributed by atoms with Crippen molar-refractivity contribution < 1.29 is 14.2 Å². The molecule has 5 heteroatoms. The number of nitrogens with two attached hydrogens (primary N) is 1. The zero-order chi connectivity index (χ0) is 13.8. The first-order valence-electron chi connectivity index (χ1n) is 6.57. The molecule has 1 aromatic carbocycles. The Hall–Kier alpha value is -1.62. The molecule has 0 amide bonds. The Morgan fingerprint density at radius 1 is 1.32 bits per heavy atom. The summed E-state index contributed by atoms with van der Waals surface area (Å²) in [4.78, 5) is 2.24. The van der Waals surface area contributed by atoms with Gasteiger partial charge in [-0.05, 0) is 6.42 Å². The molecule has 1 atom stereocenters. The maximum Gasteiger partial charge on any atom is 0.162 e. The molecular weight excluding hydrogens is 244 g/mol. The largest absolute Gasteiger partial charge is 0.493 e. The van der Waals surface area contributed by atoms with Gasteiger partial charge in [0.25, 0.3) is 0 Å². The van der Waals surface area contributed by atoms with Gasteiger partial charge in [0.2, 0.25) is 0 Å². The lowest BCUT2D eigenvalue weighted by Crippen LogP contribution is -2.42. The fourth-order valence-corrected chi connectivity index (χ4v) is 2.34. The topological polar surface area (TPSA) is 57.0 Å². The number of hydrogen-bond acceptors (Lipinski definition) is 5. The van der Waals surface area contributed by atoms with Gasteiger partial charge in [0.15, 0.2) is 11.5 Å². The molecule has 19 heavy (non-hydrogen) atoms. The SMILES string of the molecule is CCC1CN(c2cc(OC)c(OC)cc2N)CCO1. The van der Waals surface area contributed by atoms with Crippen LogP contribution in [0, 0.1) is 0 Å². The van der Waals surface area contributed by atoms with Gasteiger partial charge < -0.3 is 24.8 Å². The minimum Gasteiger partial charge on any atom is -0.493 e. The van der Waals surface area contributed by atoms with Crippen molar-refractivity contribution in [2.75, 3.05) is 44.5 Å². The second-order valence-electron chi connectivity index (χ2n) is 4.61. The van der Waals surface area contributed by atoms with Crippen LogP contribution < -0.4 is 20.1 Å². The van der Waals surface area contributed by atoms with E-state index in [1.807, 2.05) is 12.1 Å². The molecule has 1 aliphatic rings. The number of hydrogen-bond donors (Lipinski definition) is 1. The van der Waals surface area contributed by atoms with Crippen molar-refractivity contribution in [1.82, 2.24) is 0 Å². The Bertz CT molecular complexity index is 437. The zero-order valence-electron chi connectivity index (χ0n) is 11.8. The molecule has 5 nitrogen and oxygen atoms in total. The van der Waals surface area contributed by atoms with Gasteiger partial charge >= 0.3 is 0 Å². The Kier molecular flexibility index (Phi) is 4.37. The maximum atomic E-state index is 6.12. The van der Waals surface area contributed by atoms with Crippen molar-refractivity contribution in [3.63, 3.8) is 0 Å². The van der Waals surface area contributed by atoms with E-state index in [0.29, 0.717) is 17.2 Å². The van der Waals surface area contributed by atoms with Crippen LogP contribution in [0.15, 0.2) is 12.1 Å². The molecule has 0 spiro atoms. The summed E-state index contributed by atoms with van der Waals surface area (Å²) in [5.41, 5.74) is 7.81. The van der Waals surface area contributed by atoms with Crippen molar-refractivity contribution in [2.24, 2.45) is 0 Å². The van der Waals surface area contributed by atoms with Crippen LogP contribution in [-0.2, 0) is 4.74 Å². The van der Waals surface area contributed by atoms with Crippen LogP contribution in [0.5, 0.6) is 11.5 Å². The summed E-state index contributed by atoms with van der Waals surface area (Å²) in [6.45, 7) is 4.56. The van der Waals surface area contributed by atoms with Gasteiger partial charge in [0.1, 0.15) is 0 Å². The number of benzene rings is 1. The van der Waals surface area contributed by atoms with Crippen molar-refractivity contribution in [2.45, 2.75) is 19.4 Å². The van der Waals surface area contributed by atoms with E-state index in [4.69, 9.17) is 19.9 Å². The summed E-state index contributed by atoms with van der Waals surface area (Å²) in [5, 5.41) is 0. The Morgan fingerprint density at radius 2 is 2.00 bits per heavy atom. The van der Waals surface area contributed by atoms with Gasteiger partial charge in [-0.1, -0.05) is 6.92 Å². The van der Waals surface area contributed by atoms with E-state index in [1.54, 1.807) is 14.2 Å². The highest BCUT2D eigenvalue weighted by molar-refractivity contribution is 5.73. The number of anilines is 2. The normalized spacial score (nSPS) is 19.3. The fraction of sp³-hybridized carbons (Fsp3) is 0.571. The number of morpholine rings is 1. The molecule has 0 bridgehead atoms. The number of rotatable bonds is 4. The standard InChI is InChI=1S/C14H22N2O3/c1-4-10-9-16(5-6-19-10)12-8-14(18-3)13(17-2)7-11(12)15/h7-8,10H,4-6,9,15H2,1-3H3. The van der Waals surface area contributed by atoms with Crippen LogP contribution in [-0.4, -0.2) is 40.0 Å². The van der Waals surface area contributed by atoms with Crippen LogP contribution in [0.3, 0.4) is 0 Å². The first-order chi connectivity index (χ1) is 9.19. The van der Waals surface area contributed by atoms with E-state index in [2.05, 4.69) is 11.8 Å². The monoisotopic (exact) mass is 266 g/mol.